The summed E-state index contributed by atoms with van der Waals surface area (Å²) in [5.74, 6) is 0. The fourth-order valence-electron chi connectivity index (χ4n) is 1.23. The average Bonchev–Trinajstić information content (AvgIpc) is 2.44. The van der Waals surface area contributed by atoms with Crippen LogP contribution in [0, 0.1) is 0 Å². The van der Waals surface area contributed by atoms with Crippen LogP contribution in [0.3, 0.4) is 0 Å². The van der Waals surface area contributed by atoms with Gasteiger partial charge in [0, 0.05) is 6.04 Å². The van der Waals surface area contributed by atoms with Crippen molar-refractivity contribution in [1.82, 2.24) is 14.5 Å². The van der Waals surface area contributed by atoms with E-state index in [2.05, 4.69) is 9.97 Å². The van der Waals surface area contributed by atoms with Gasteiger partial charge in [-0.25, -0.2) is 4.79 Å². The van der Waals surface area contributed by atoms with Crippen LogP contribution in [0.25, 0.3) is 11.4 Å². The van der Waals surface area contributed by atoms with Crippen molar-refractivity contribution >= 4 is 11.4 Å². The van der Waals surface area contributed by atoms with Gasteiger partial charge < -0.3 is 4.42 Å². The first-order valence-corrected chi connectivity index (χ1v) is 3.74. The molecule has 64 valence electrons. The number of imidazole rings is 1. The fourth-order valence-corrected chi connectivity index (χ4v) is 1.23. The topological polar surface area (TPSA) is 63.8 Å². The van der Waals surface area contributed by atoms with Gasteiger partial charge in [0.1, 0.15) is 0 Å². The minimum absolute atomic E-state index is 0.0938. The second kappa shape index (κ2) is 2.23. The minimum Gasteiger partial charge on any atom is -0.425 e. The molecule has 1 N–H and O–H groups in total. The molecule has 2 aromatic heterocycles. The molecule has 5 nitrogen and oxygen atoms in total. The van der Waals surface area contributed by atoms with Crippen LogP contribution in [0.15, 0.2) is 15.6 Å². The molecule has 2 aromatic rings. The quantitative estimate of drug-likeness (QED) is 0.686. The summed E-state index contributed by atoms with van der Waals surface area (Å²) in [6.07, 6.45) is 1.32. The molecule has 0 saturated heterocycles. The molecule has 0 unspecified atom stereocenters. The van der Waals surface area contributed by atoms with Crippen molar-refractivity contribution in [3.05, 3.63) is 16.9 Å². The van der Waals surface area contributed by atoms with Crippen molar-refractivity contribution in [3.8, 4) is 0 Å². The number of rotatable bonds is 1. The molecule has 0 saturated carbocycles. The summed E-state index contributed by atoms with van der Waals surface area (Å²) in [6, 6.07) is 0.0938. The maximum atomic E-state index is 11.2. The second-order valence-corrected chi connectivity index (χ2v) is 2.90. The SMILES string of the molecule is CC(C)n1c(=O)[nH]c2ocnc21. The van der Waals surface area contributed by atoms with Crippen LogP contribution < -0.4 is 5.69 Å². The van der Waals surface area contributed by atoms with Gasteiger partial charge in [0.25, 0.3) is 0 Å². The summed E-state index contributed by atoms with van der Waals surface area (Å²) in [5, 5.41) is 0. The van der Waals surface area contributed by atoms with Crippen molar-refractivity contribution in [1.29, 1.82) is 0 Å². The van der Waals surface area contributed by atoms with Gasteiger partial charge in [0.2, 0.25) is 11.4 Å². The number of oxazole rings is 1. The zero-order chi connectivity index (χ0) is 8.72. The van der Waals surface area contributed by atoms with Crippen LogP contribution in [-0.2, 0) is 0 Å². The van der Waals surface area contributed by atoms with E-state index in [4.69, 9.17) is 4.42 Å². The summed E-state index contributed by atoms with van der Waals surface area (Å²) in [7, 11) is 0. The summed E-state index contributed by atoms with van der Waals surface area (Å²) in [5.41, 5.74) is 0.843. The maximum Gasteiger partial charge on any atom is 0.330 e. The van der Waals surface area contributed by atoms with Crippen molar-refractivity contribution < 1.29 is 4.42 Å². The number of aromatic amines is 1. The number of nitrogens with zero attached hydrogens (tertiary/aromatic N) is 2. The highest BCUT2D eigenvalue weighted by Crippen LogP contribution is 2.11. The predicted molar refractivity (Wildman–Crippen MR) is 43.0 cm³/mol. The number of nitrogens with one attached hydrogen (secondary N) is 1. The normalized spacial score (nSPS) is 11.6. The van der Waals surface area contributed by atoms with E-state index in [0.29, 0.717) is 11.4 Å². The van der Waals surface area contributed by atoms with Crippen LogP contribution in [0.4, 0.5) is 0 Å². The van der Waals surface area contributed by atoms with Gasteiger partial charge in [-0.1, -0.05) is 0 Å². The number of H-pyrrole nitrogens is 1. The molecule has 0 aliphatic carbocycles. The largest absolute Gasteiger partial charge is 0.425 e. The lowest BCUT2D eigenvalue weighted by molar-refractivity contribution is 0.578. The molecular weight excluding hydrogens is 158 g/mol. The van der Waals surface area contributed by atoms with Crippen molar-refractivity contribution in [2.24, 2.45) is 0 Å². The Bertz CT molecular complexity index is 448. The second-order valence-electron chi connectivity index (χ2n) is 2.90. The zero-order valence-corrected chi connectivity index (χ0v) is 6.87. The number of fused-ring (bicyclic) bond motifs is 1. The van der Waals surface area contributed by atoms with Gasteiger partial charge in [-0.2, -0.15) is 4.98 Å². The van der Waals surface area contributed by atoms with Crippen molar-refractivity contribution in [3.63, 3.8) is 0 Å². The molecule has 0 aliphatic rings. The average molecular weight is 167 g/mol. The lowest BCUT2D eigenvalue weighted by Gasteiger charge is -2.02. The summed E-state index contributed by atoms with van der Waals surface area (Å²) in [4.78, 5) is 17.7. The third-order valence-electron chi connectivity index (χ3n) is 1.73. The van der Waals surface area contributed by atoms with E-state index < -0.39 is 0 Å². The Kier molecular flexibility index (Phi) is 1.33. The molecule has 5 heteroatoms. The molecule has 0 atom stereocenters. The molecule has 0 bridgehead atoms. The Morgan fingerprint density at radius 2 is 2.42 bits per heavy atom. The van der Waals surface area contributed by atoms with Gasteiger partial charge in [-0.05, 0) is 13.8 Å². The van der Waals surface area contributed by atoms with Crippen LogP contribution in [-0.4, -0.2) is 14.5 Å². The number of hydrogen-bond acceptors (Lipinski definition) is 3. The van der Waals surface area contributed by atoms with Crippen LogP contribution in [0.1, 0.15) is 19.9 Å². The van der Waals surface area contributed by atoms with E-state index >= 15 is 0 Å². The lowest BCUT2D eigenvalue weighted by atomic mass is 10.4. The maximum absolute atomic E-state index is 11.2. The summed E-state index contributed by atoms with van der Waals surface area (Å²) in [6.45, 7) is 3.84. The fraction of sp³-hybridized carbons (Fsp3) is 0.429. The van der Waals surface area contributed by atoms with Gasteiger partial charge in [-0.3, -0.25) is 9.55 Å². The molecule has 0 radical (unpaired) electrons. The first-order chi connectivity index (χ1) is 5.70. The highest BCUT2D eigenvalue weighted by Gasteiger charge is 2.12. The molecule has 0 spiro atoms. The molecule has 0 fully saturated rings. The molecule has 12 heavy (non-hydrogen) atoms. The Labute approximate surface area is 68.0 Å². The van der Waals surface area contributed by atoms with E-state index in [1.165, 1.54) is 6.39 Å². The molecule has 0 amide bonds. The Morgan fingerprint density at radius 1 is 1.67 bits per heavy atom. The molecule has 0 aromatic carbocycles. The summed E-state index contributed by atoms with van der Waals surface area (Å²) >= 11 is 0. The highest BCUT2D eigenvalue weighted by molar-refractivity contribution is 5.62. The summed E-state index contributed by atoms with van der Waals surface area (Å²) < 4.78 is 6.50. The van der Waals surface area contributed by atoms with Crippen LogP contribution in [0.2, 0.25) is 0 Å². The Morgan fingerprint density at radius 3 is 3.08 bits per heavy atom. The van der Waals surface area contributed by atoms with Crippen molar-refractivity contribution in [2.45, 2.75) is 19.9 Å². The van der Waals surface area contributed by atoms with Crippen molar-refractivity contribution in [2.75, 3.05) is 0 Å². The van der Waals surface area contributed by atoms with E-state index in [9.17, 15) is 4.79 Å². The first kappa shape index (κ1) is 7.15. The Balaban J connectivity index is 2.85. The predicted octanol–water partition coefficient (Wildman–Crippen LogP) is 0.898. The zero-order valence-electron chi connectivity index (χ0n) is 6.87. The Hall–Kier alpha value is -1.52. The van der Waals surface area contributed by atoms with Crippen LogP contribution >= 0.6 is 0 Å². The van der Waals surface area contributed by atoms with E-state index in [-0.39, 0.29) is 11.7 Å². The monoisotopic (exact) mass is 167 g/mol. The van der Waals surface area contributed by atoms with E-state index in [1.807, 2.05) is 13.8 Å². The van der Waals surface area contributed by atoms with E-state index in [1.54, 1.807) is 4.57 Å². The standard InChI is InChI=1S/C7H9N3O2/c1-4(2)10-5-6(9-7(10)11)12-3-8-5/h3-4H,1-2H3,(H,9,11). The van der Waals surface area contributed by atoms with Gasteiger partial charge in [0.05, 0.1) is 0 Å². The molecule has 2 rings (SSSR count). The first-order valence-electron chi connectivity index (χ1n) is 3.74. The number of aromatic nitrogens is 3. The van der Waals surface area contributed by atoms with Crippen LogP contribution in [0.5, 0.6) is 0 Å². The molecule has 2 heterocycles. The smallest absolute Gasteiger partial charge is 0.330 e. The molecular formula is C7H9N3O2. The van der Waals surface area contributed by atoms with Gasteiger partial charge in [-0.15, -0.1) is 0 Å². The number of hydrogen-bond donors (Lipinski definition) is 1. The van der Waals surface area contributed by atoms with E-state index in [0.717, 1.165) is 0 Å². The highest BCUT2D eigenvalue weighted by atomic mass is 16.3. The third-order valence-corrected chi connectivity index (χ3v) is 1.73. The van der Waals surface area contributed by atoms with Gasteiger partial charge in [0.15, 0.2) is 6.39 Å². The lowest BCUT2D eigenvalue weighted by Crippen LogP contribution is -2.18. The van der Waals surface area contributed by atoms with Gasteiger partial charge >= 0.3 is 5.69 Å². The minimum atomic E-state index is -0.174. The third kappa shape index (κ3) is 0.792. The molecule has 0 aliphatic heterocycles.